The van der Waals surface area contributed by atoms with E-state index in [1.807, 2.05) is 17.5 Å². The van der Waals surface area contributed by atoms with Crippen molar-refractivity contribution in [3.05, 3.63) is 46.7 Å². The SMILES string of the molecule is O=C(CNc1cccc(OC(F)(F)F)c1)NC(=O)NCCc1cccs1. The molecule has 0 aliphatic carbocycles. The molecule has 3 amide bonds. The molecule has 2 rings (SSSR count). The number of alkyl halides is 3. The van der Waals surface area contributed by atoms with Gasteiger partial charge in [0.1, 0.15) is 5.75 Å². The Kier molecular flexibility index (Phi) is 6.84. The molecule has 6 nitrogen and oxygen atoms in total. The van der Waals surface area contributed by atoms with E-state index in [1.54, 1.807) is 11.3 Å². The molecule has 2 aromatic rings. The fourth-order valence-corrected chi connectivity index (χ4v) is 2.66. The van der Waals surface area contributed by atoms with E-state index in [-0.39, 0.29) is 12.2 Å². The molecule has 0 fully saturated rings. The third-order valence-electron chi connectivity index (χ3n) is 3.01. The Morgan fingerprint density at radius 3 is 2.65 bits per heavy atom. The summed E-state index contributed by atoms with van der Waals surface area (Å²) in [5.41, 5.74) is 0.250. The van der Waals surface area contributed by atoms with Crippen LogP contribution in [0.4, 0.5) is 23.7 Å². The van der Waals surface area contributed by atoms with Crippen molar-refractivity contribution >= 4 is 29.0 Å². The molecule has 0 bridgehead atoms. The summed E-state index contributed by atoms with van der Waals surface area (Å²) in [5, 5.41) is 9.22. The van der Waals surface area contributed by atoms with Crippen LogP contribution in [-0.2, 0) is 11.2 Å². The Morgan fingerprint density at radius 1 is 1.15 bits per heavy atom. The molecule has 0 atom stereocenters. The zero-order chi connectivity index (χ0) is 19.0. The summed E-state index contributed by atoms with van der Waals surface area (Å²) < 4.78 is 40.3. The second kappa shape index (κ2) is 9.09. The molecule has 26 heavy (non-hydrogen) atoms. The lowest BCUT2D eigenvalue weighted by atomic mass is 10.3. The fraction of sp³-hybridized carbons (Fsp3) is 0.250. The van der Waals surface area contributed by atoms with Crippen molar-refractivity contribution in [1.82, 2.24) is 10.6 Å². The highest BCUT2D eigenvalue weighted by Crippen LogP contribution is 2.24. The van der Waals surface area contributed by atoms with Crippen molar-refractivity contribution in [3.8, 4) is 5.75 Å². The summed E-state index contributed by atoms with van der Waals surface area (Å²) in [6, 6.07) is 8.26. The number of anilines is 1. The fourth-order valence-electron chi connectivity index (χ4n) is 1.95. The average molecular weight is 387 g/mol. The first kappa shape index (κ1) is 19.6. The third-order valence-corrected chi connectivity index (χ3v) is 3.95. The van der Waals surface area contributed by atoms with Crippen molar-refractivity contribution in [2.24, 2.45) is 0 Å². The maximum absolute atomic E-state index is 12.2. The average Bonchev–Trinajstić information content (AvgIpc) is 3.05. The second-order valence-corrected chi connectivity index (χ2v) is 6.09. The summed E-state index contributed by atoms with van der Waals surface area (Å²) in [7, 11) is 0. The van der Waals surface area contributed by atoms with Gasteiger partial charge in [-0.25, -0.2) is 4.79 Å². The van der Waals surface area contributed by atoms with Crippen LogP contribution in [0.1, 0.15) is 4.88 Å². The highest BCUT2D eigenvalue weighted by atomic mass is 32.1. The van der Waals surface area contributed by atoms with Gasteiger partial charge in [-0.05, 0) is 30.0 Å². The molecule has 10 heteroatoms. The van der Waals surface area contributed by atoms with Gasteiger partial charge in [-0.2, -0.15) is 0 Å². The molecule has 0 aliphatic heterocycles. The number of ether oxygens (including phenoxy) is 1. The lowest BCUT2D eigenvalue weighted by Crippen LogP contribution is -2.42. The summed E-state index contributed by atoms with van der Waals surface area (Å²) in [4.78, 5) is 24.4. The number of nitrogens with one attached hydrogen (secondary N) is 3. The van der Waals surface area contributed by atoms with Gasteiger partial charge in [-0.3, -0.25) is 10.1 Å². The maximum Gasteiger partial charge on any atom is 0.573 e. The van der Waals surface area contributed by atoms with Crippen LogP contribution in [0.5, 0.6) is 5.75 Å². The van der Waals surface area contributed by atoms with E-state index < -0.39 is 24.1 Å². The van der Waals surface area contributed by atoms with Crippen LogP contribution in [0.3, 0.4) is 0 Å². The minimum Gasteiger partial charge on any atom is -0.406 e. The smallest absolute Gasteiger partial charge is 0.406 e. The molecule has 0 spiro atoms. The minimum absolute atomic E-state index is 0.250. The molecule has 1 aromatic heterocycles. The van der Waals surface area contributed by atoms with Gasteiger partial charge in [0.15, 0.2) is 0 Å². The second-order valence-electron chi connectivity index (χ2n) is 5.06. The highest BCUT2D eigenvalue weighted by molar-refractivity contribution is 7.09. The van der Waals surface area contributed by atoms with E-state index in [0.29, 0.717) is 13.0 Å². The van der Waals surface area contributed by atoms with Gasteiger partial charge in [-0.1, -0.05) is 12.1 Å². The molecular formula is C16H16F3N3O3S. The molecule has 0 radical (unpaired) electrons. The molecule has 0 aliphatic rings. The number of benzene rings is 1. The van der Waals surface area contributed by atoms with Gasteiger partial charge in [0.05, 0.1) is 6.54 Å². The quantitative estimate of drug-likeness (QED) is 0.682. The molecule has 1 heterocycles. The Balaban J connectivity index is 1.70. The Bertz CT molecular complexity index is 736. The van der Waals surface area contributed by atoms with Gasteiger partial charge in [-0.15, -0.1) is 24.5 Å². The number of rotatable bonds is 7. The van der Waals surface area contributed by atoms with E-state index in [9.17, 15) is 22.8 Å². The first-order chi connectivity index (χ1) is 12.3. The van der Waals surface area contributed by atoms with Gasteiger partial charge in [0.25, 0.3) is 0 Å². The Hall–Kier alpha value is -2.75. The molecular weight excluding hydrogens is 371 g/mol. The number of amides is 3. The predicted octanol–water partition coefficient (Wildman–Crippen LogP) is 3.13. The van der Waals surface area contributed by atoms with Crippen molar-refractivity contribution in [2.45, 2.75) is 12.8 Å². The lowest BCUT2D eigenvalue weighted by Gasteiger charge is -2.11. The molecule has 1 aromatic carbocycles. The number of hydrogen-bond donors (Lipinski definition) is 3. The molecule has 3 N–H and O–H groups in total. The van der Waals surface area contributed by atoms with Crippen molar-refractivity contribution in [3.63, 3.8) is 0 Å². The Morgan fingerprint density at radius 2 is 1.96 bits per heavy atom. The largest absolute Gasteiger partial charge is 0.573 e. The number of thiophene rings is 1. The molecule has 0 unspecified atom stereocenters. The summed E-state index contributed by atoms with van der Waals surface area (Å²) in [6.45, 7) is 0.0949. The van der Waals surface area contributed by atoms with E-state index in [1.165, 1.54) is 12.1 Å². The molecule has 0 saturated heterocycles. The van der Waals surface area contributed by atoms with Crippen LogP contribution in [0.15, 0.2) is 41.8 Å². The van der Waals surface area contributed by atoms with Crippen LogP contribution >= 0.6 is 11.3 Å². The number of halogens is 3. The number of carbonyl (C=O) groups excluding carboxylic acids is 2. The van der Waals surface area contributed by atoms with Crippen molar-refractivity contribution < 1.29 is 27.5 Å². The standard InChI is InChI=1S/C16H16F3N3O3S/c17-16(18,19)25-12-4-1-3-11(9-12)21-10-14(23)22-15(24)20-7-6-13-5-2-8-26-13/h1-5,8-9,21H,6-7,10H2,(H2,20,22,23,24). The zero-order valence-electron chi connectivity index (χ0n) is 13.4. The van der Waals surface area contributed by atoms with Crippen molar-refractivity contribution in [1.29, 1.82) is 0 Å². The van der Waals surface area contributed by atoms with Crippen LogP contribution in [-0.4, -0.2) is 31.4 Å². The van der Waals surface area contributed by atoms with Gasteiger partial charge in [0.2, 0.25) is 5.91 Å². The Labute approximate surface area is 151 Å². The monoisotopic (exact) mass is 387 g/mol. The zero-order valence-corrected chi connectivity index (χ0v) is 14.2. The first-order valence-electron chi connectivity index (χ1n) is 7.51. The van der Waals surface area contributed by atoms with Crippen molar-refractivity contribution in [2.75, 3.05) is 18.4 Å². The maximum atomic E-state index is 12.2. The summed E-state index contributed by atoms with van der Waals surface area (Å²) >= 11 is 1.57. The predicted molar refractivity (Wildman–Crippen MR) is 91.2 cm³/mol. The number of imide groups is 1. The van der Waals surface area contributed by atoms with Crippen LogP contribution < -0.4 is 20.7 Å². The highest BCUT2D eigenvalue weighted by Gasteiger charge is 2.31. The summed E-state index contributed by atoms with van der Waals surface area (Å²) in [6.07, 6.45) is -4.14. The van der Waals surface area contributed by atoms with E-state index in [4.69, 9.17) is 0 Å². The molecule has 0 saturated carbocycles. The number of urea groups is 1. The lowest BCUT2D eigenvalue weighted by molar-refractivity contribution is -0.274. The van der Waals surface area contributed by atoms with Crippen LogP contribution in [0, 0.1) is 0 Å². The summed E-state index contributed by atoms with van der Waals surface area (Å²) in [5.74, 6) is -1.03. The van der Waals surface area contributed by atoms with Gasteiger partial charge >= 0.3 is 12.4 Å². The number of carbonyl (C=O) groups is 2. The third kappa shape index (κ3) is 7.43. The van der Waals surface area contributed by atoms with Crippen LogP contribution in [0.2, 0.25) is 0 Å². The van der Waals surface area contributed by atoms with E-state index in [2.05, 4.69) is 20.7 Å². The first-order valence-corrected chi connectivity index (χ1v) is 8.39. The topological polar surface area (TPSA) is 79.5 Å². The van der Waals surface area contributed by atoms with Gasteiger partial charge in [0, 0.05) is 23.2 Å². The van der Waals surface area contributed by atoms with E-state index in [0.717, 1.165) is 17.0 Å². The minimum atomic E-state index is -4.79. The molecule has 140 valence electrons. The van der Waals surface area contributed by atoms with Gasteiger partial charge < -0.3 is 15.4 Å². The van der Waals surface area contributed by atoms with Crippen LogP contribution in [0.25, 0.3) is 0 Å². The normalized spacial score (nSPS) is 10.9. The van der Waals surface area contributed by atoms with E-state index >= 15 is 0 Å². The number of hydrogen-bond acceptors (Lipinski definition) is 5.